The summed E-state index contributed by atoms with van der Waals surface area (Å²) in [6.45, 7) is 0. The monoisotopic (exact) mass is 920 g/mol. The minimum absolute atomic E-state index is 0.392. The quantitative estimate of drug-likeness (QED) is 0.184. The number of benzene rings is 10. The van der Waals surface area contributed by atoms with E-state index in [1.54, 1.807) is 0 Å². The van der Waals surface area contributed by atoms with Gasteiger partial charge in [0.25, 0.3) is 0 Å². The summed E-state index contributed by atoms with van der Waals surface area (Å²) in [5, 5.41) is 16.3. The number of thiophene rings is 3. The molecule has 5 heterocycles. The van der Waals surface area contributed by atoms with Crippen LogP contribution in [-0.2, 0) is 0 Å². The highest BCUT2D eigenvalue weighted by atomic mass is 32.1. The van der Waals surface area contributed by atoms with Gasteiger partial charge in [-0.1, -0.05) is 109 Å². The van der Waals surface area contributed by atoms with Crippen molar-refractivity contribution in [2.45, 2.75) is 6.17 Å². The summed E-state index contributed by atoms with van der Waals surface area (Å²) in [6, 6.07) is 75.8. The Morgan fingerprint density at radius 2 is 0.926 bits per heavy atom. The molecule has 68 heavy (non-hydrogen) atoms. The molecule has 0 bridgehead atoms. The van der Waals surface area contributed by atoms with E-state index in [-0.39, 0.29) is 0 Å². The van der Waals surface area contributed by atoms with E-state index in [1.807, 2.05) is 34.0 Å². The lowest BCUT2D eigenvalue weighted by Gasteiger charge is -2.25. The fraction of sp³-hybridized carbons (Fsp3) is 0.0164. The van der Waals surface area contributed by atoms with Crippen LogP contribution in [0.2, 0.25) is 0 Å². The van der Waals surface area contributed by atoms with Crippen LogP contribution in [0.3, 0.4) is 0 Å². The molecule has 1 atom stereocenters. The maximum absolute atomic E-state index is 5.61. The Labute approximate surface area is 402 Å². The van der Waals surface area contributed by atoms with Crippen LogP contribution >= 0.6 is 34.0 Å². The fourth-order valence-electron chi connectivity index (χ4n) is 10.6. The van der Waals surface area contributed by atoms with Gasteiger partial charge in [0.05, 0.1) is 11.0 Å². The molecular formula is C61H36N4S3. The zero-order valence-corrected chi connectivity index (χ0v) is 38.7. The van der Waals surface area contributed by atoms with Gasteiger partial charge in [0.15, 0.2) is 5.84 Å². The molecule has 4 nitrogen and oxygen atoms in total. The topological polar surface area (TPSA) is 41.7 Å². The Kier molecular flexibility index (Phi) is 8.30. The number of nitrogens with one attached hydrogen (secondary N) is 1. The highest BCUT2D eigenvalue weighted by Gasteiger charge is 2.25. The van der Waals surface area contributed by atoms with Gasteiger partial charge in [-0.3, -0.25) is 0 Å². The number of rotatable bonds is 5. The van der Waals surface area contributed by atoms with E-state index in [0.717, 1.165) is 39.3 Å². The molecule has 0 aliphatic carbocycles. The number of amidine groups is 2. The summed E-state index contributed by atoms with van der Waals surface area (Å²) in [5.74, 6) is 1.50. The van der Waals surface area contributed by atoms with Gasteiger partial charge >= 0.3 is 0 Å². The number of nitrogens with zero attached hydrogens (tertiary/aromatic N) is 3. The van der Waals surface area contributed by atoms with E-state index in [1.165, 1.54) is 93.1 Å². The summed E-state index contributed by atoms with van der Waals surface area (Å²) in [7, 11) is 0. The Bertz CT molecular complexity index is 4500. The summed E-state index contributed by atoms with van der Waals surface area (Å²) in [5.41, 5.74) is 8.73. The van der Waals surface area contributed by atoms with Crippen molar-refractivity contribution in [3.8, 4) is 16.8 Å². The largest absolute Gasteiger partial charge is 0.344 e. The maximum atomic E-state index is 5.61. The first-order chi connectivity index (χ1) is 33.6. The molecular weight excluding hydrogens is 885 g/mol. The van der Waals surface area contributed by atoms with Crippen molar-refractivity contribution in [3.63, 3.8) is 0 Å². The Hall–Kier alpha value is -7.94. The van der Waals surface area contributed by atoms with Crippen molar-refractivity contribution < 1.29 is 0 Å². The summed E-state index contributed by atoms with van der Waals surface area (Å²) < 4.78 is 10.1. The number of aromatic nitrogens is 1. The van der Waals surface area contributed by atoms with Crippen molar-refractivity contribution in [2.24, 2.45) is 9.98 Å². The Balaban J connectivity index is 0.981. The van der Waals surface area contributed by atoms with Gasteiger partial charge in [0, 0.05) is 88.1 Å². The average Bonchev–Trinajstić information content (AvgIpc) is 4.16. The molecule has 15 rings (SSSR count). The molecule has 0 fully saturated rings. The summed E-state index contributed by atoms with van der Waals surface area (Å²) in [4.78, 5) is 11.1. The van der Waals surface area contributed by atoms with Crippen molar-refractivity contribution >= 4 is 139 Å². The van der Waals surface area contributed by atoms with Crippen molar-refractivity contribution in [1.29, 1.82) is 0 Å². The van der Waals surface area contributed by atoms with Crippen molar-refractivity contribution in [3.05, 3.63) is 223 Å². The molecule has 0 amide bonds. The first kappa shape index (κ1) is 38.2. The third-order valence-electron chi connectivity index (χ3n) is 13.8. The Morgan fingerprint density at radius 3 is 1.62 bits per heavy atom. The molecule has 0 spiro atoms. The van der Waals surface area contributed by atoms with Gasteiger partial charge in [-0.2, -0.15) is 0 Å². The predicted octanol–water partition coefficient (Wildman–Crippen LogP) is 17.2. The number of hydrogen-bond donors (Lipinski definition) is 1. The van der Waals surface area contributed by atoms with Gasteiger partial charge in [-0.15, -0.1) is 34.0 Å². The van der Waals surface area contributed by atoms with Crippen molar-refractivity contribution in [1.82, 2.24) is 9.88 Å². The zero-order chi connectivity index (χ0) is 44.5. The number of aliphatic imine (C=N–C) groups is 2. The van der Waals surface area contributed by atoms with E-state index in [9.17, 15) is 0 Å². The van der Waals surface area contributed by atoms with Crippen LogP contribution < -0.4 is 5.32 Å². The van der Waals surface area contributed by atoms with Crippen LogP contribution in [0.4, 0.5) is 0 Å². The zero-order valence-electron chi connectivity index (χ0n) is 36.3. The number of hydrogen-bond acceptors (Lipinski definition) is 6. The fourth-order valence-corrected chi connectivity index (χ4v) is 13.9. The van der Waals surface area contributed by atoms with Gasteiger partial charge in [-0.05, 0) is 125 Å². The molecule has 1 aliphatic rings. The lowest BCUT2D eigenvalue weighted by molar-refractivity contribution is 0.675. The molecule has 10 aromatic carbocycles. The van der Waals surface area contributed by atoms with E-state index in [0.29, 0.717) is 5.84 Å². The first-order valence-corrected chi connectivity index (χ1v) is 25.3. The molecule has 1 unspecified atom stereocenters. The lowest BCUT2D eigenvalue weighted by atomic mass is 9.96. The van der Waals surface area contributed by atoms with E-state index < -0.39 is 6.17 Å². The van der Waals surface area contributed by atoms with E-state index >= 15 is 0 Å². The number of fused-ring (bicyclic) bond motifs is 13. The molecule has 1 N–H and O–H groups in total. The van der Waals surface area contributed by atoms with Crippen LogP contribution in [-0.4, -0.2) is 16.2 Å². The SMILES string of the molecule is c1ccc2cc3c(cc2c1)c1ccccc1n3-c1ccc(C2=NC(c3ccc4sc5ccccc5c4c3)NC(c3ccc4sc5ccccc5c4c3)=N2)c(-c2ccc3sc4ccccc4c3c2)c1. The molecule has 0 saturated heterocycles. The van der Waals surface area contributed by atoms with Crippen LogP contribution in [0.15, 0.2) is 216 Å². The smallest absolute Gasteiger partial charge is 0.160 e. The van der Waals surface area contributed by atoms with Gasteiger partial charge in [-0.25, -0.2) is 9.98 Å². The molecule has 0 radical (unpaired) electrons. The van der Waals surface area contributed by atoms with Crippen LogP contribution in [0, 0.1) is 0 Å². The van der Waals surface area contributed by atoms with Crippen LogP contribution in [0.25, 0.3) is 110 Å². The highest BCUT2D eigenvalue weighted by Crippen LogP contribution is 2.42. The predicted molar refractivity (Wildman–Crippen MR) is 294 cm³/mol. The minimum Gasteiger partial charge on any atom is -0.344 e. The second kappa shape index (κ2) is 14.8. The third kappa shape index (κ3) is 5.90. The molecule has 14 aromatic rings. The molecule has 0 saturated carbocycles. The van der Waals surface area contributed by atoms with Crippen LogP contribution in [0.1, 0.15) is 22.9 Å². The summed E-state index contributed by atoms with van der Waals surface area (Å²) in [6.07, 6.45) is -0.392. The molecule has 1 aliphatic heterocycles. The van der Waals surface area contributed by atoms with Crippen molar-refractivity contribution in [2.75, 3.05) is 0 Å². The average molecular weight is 921 g/mol. The first-order valence-electron chi connectivity index (χ1n) is 22.9. The van der Waals surface area contributed by atoms with Gasteiger partial charge in [0.1, 0.15) is 12.0 Å². The second-order valence-electron chi connectivity index (χ2n) is 17.7. The summed E-state index contributed by atoms with van der Waals surface area (Å²) >= 11 is 5.52. The van der Waals surface area contributed by atoms with Crippen LogP contribution in [0.5, 0.6) is 0 Å². The van der Waals surface area contributed by atoms with Gasteiger partial charge < -0.3 is 9.88 Å². The van der Waals surface area contributed by atoms with Gasteiger partial charge in [0.2, 0.25) is 0 Å². The molecule has 4 aromatic heterocycles. The highest BCUT2D eigenvalue weighted by molar-refractivity contribution is 7.26. The van der Waals surface area contributed by atoms with E-state index in [4.69, 9.17) is 9.98 Å². The third-order valence-corrected chi connectivity index (χ3v) is 17.3. The van der Waals surface area contributed by atoms with E-state index in [2.05, 4.69) is 216 Å². The maximum Gasteiger partial charge on any atom is 0.160 e. The standard InChI is InChI=1S/C61H36N4S3/c1-2-12-36-33-52-47(29-35(36)11-1)41-13-3-7-17-51(41)65(52)40-24-25-45(46(34-40)37-21-26-56-48(30-37)42-14-4-8-18-53(42)66-56)61-63-59(38-22-27-57-49(31-38)43-15-5-9-19-54(43)67-57)62-60(64-61)39-23-28-58-50(32-39)44-16-6-10-20-55(44)68-58/h1-34,59H,(H,62,63,64). The minimum atomic E-state index is -0.392. The second-order valence-corrected chi connectivity index (χ2v) is 21.0. The lowest BCUT2D eigenvalue weighted by Crippen LogP contribution is -2.33. The Morgan fingerprint density at radius 1 is 0.382 bits per heavy atom. The normalized spacial score (nSPS) is 14.3. The molecule has 7 heteroatoms. The number of para-hydroxylation sites is 1. The molecule has 318 valence electrons.